The van der Waals surface area contributed by atoms with Crippen molar-refractivity contribution in [2.45, 2.75) is 52.0 Å². The minimum absolute atomic E-state index is 0.378. The van der Waals surface area contributed by atoms with Crippen LogP contribution in [0.4, 0.5) is 0 Å². The lowest BCUT2D eigenvalue weighted by Gasteiger charge is -2.33. The van der Waals surface area contributed by atoms with Gasteiger partial charge in [0.1, 0.15) is 0 Å². The van der Waals surface area contributed by atoms with E-state index in [4.69, 9.17) is 4.74 Å². The summed E-state index contributed by atoms with van der Waals surface area (Å²) in [7, 11) is 0. The molecule has 0 radical (unpaired) electrons. The normalized spacial score (nSPS) is 22.9. The molecule has 1 aliphatic heterocycles. The molecule has 1 aliphatic rings. The van der Waals surface area contributed by atoms with Gasteiger partial charge in [0.25, 0.3) is 0 Å². The molecule has 14 heavy (non-hydrogen) atoms. The predicted molar refractivity (Wildman–Crippen MR) is 60.5 cm³/mol. The van der Waals surface area contributed by atoms with Crippen molar-refractivity contribution in [2.24, 2.45) is 5.92 Å². The fourth-order valence-electron chi connectivity index (χ4n) is 2.23. The summed E-state index contributed by atoms with van der Waals surface area (Å²) < 4.78 is 5.38. The monoisotopic (exact) mass is 199 g/mol. The molecule has 1 saturated heterocycles. The highest BCUT2D eigenvalue weighted by atomic mass is 16.5. The topological polar surface area (TPSA) is 21.3 Å². The lowest BCUT2D eigenvalue weighted by molar-refractivity contribution is 0.180. The third-order valence-electron chi connectivity index (χ3n) is 3.82. The van der Waals surface area contributed by atoms with Gasteiger partial charge in [0, 0.05) is 18.7 Å². The van der Waals surface area contributed by atoms with Crippen LogP contribution in [0.2, 0.25) is 0 Å². The van der Waals surface area contributed by atoms with Gasteiger partial charge in [-0.1, -0.05) is 20.8 Å². The first-order valence-electron chi connectivity index (χ1n) is 6.09. The zero-order chi connectivity index (χ0) is 10.4. The second kappa shape index (κ2) is 5.72. The third kappa shape index (κ3) is 2.96. The number of ether oxygens (including phenoxy) is 1. The van der Waals surface area contributed by atoms with E-state index in [-0.39, 0.29) is 0 Å². The van der Waals surface area contributed by atoms with Gasteiger partial charge in [-0.25, -0.2) is 0 Å². The quantitative estimate of drug-likeness (QED) is 0.710. The fraction of sp³-hybridized carbons (Fsp3) is 1.00. The second-order valence-electron chi connectivity index (χ2n) is 4.45. The van der Waals surface area contributed by atoms with E-state index in [0.717, 1.165) is 25.7 Å². The molecule has 0 aromatic carbocycles. The van der Waals surface area contributed by atoms with E-state index in [0.29, 0.717) is 5.54 Å². The summed E-state index contributed by atoms with van der Waals surface area (Å²) in [5, 5.41) is 3.74. The SMILES string of the molecule is CCC(CC)(CC)NCC1CCOC1. The van der Waals surface area contributed by atoms with Crippen molar-refractivity contribution in [2.75, 3.05) is 19.8 Å². The lowest BCUT2D eigenvalue weighted by atomic mass is 9.89. The Morgan fingerprint density at radius 3 is 2.29 bits per heavy atom. The molecule has 0 aromatic heterocycles. The van der Waals surface area contributed by atoms with Gasteiger partial charge >= 0.3 is 0 Å². The first-order valence-corrected chi connectivity index (χ1v) is 6.09. The van der Waals surface area contributed by atoms with E-state index in [2.05, 4.69) is 26.1 Å². The maximum atomic E-state index is 5.38. The van der Waals surface area contributed by atoms with E-state index in [1.807, 2.05) is 0 Å². The average Bonchev–Trinajstić information content (AvgIpc) is 2.74. The number of nitrogens with one attached hydrogen (secondary N) is 1. The van der Waals surface area contributed by atoms with Crippen molar-refractivity contribution in [3.05, 3.63) is 0 Å². The van der Waals surface area contributed by atoms with E-state index >= 15 is 0 Å². The molecule has 2 heteroatoms. The molecule has 1 rings (SSSR count). The third-order valence-corrected chi connectivity index (χ3v) is 3.82. The van der Waals surface area contributed by atoms with Crippen molar-refractivity contribution in [3.63, 3.8) is 0 Å². The Labute approximate surface area is 88.4 Å². The number of hydrogen-bond donors (Lipinski definition) is 1. The van der Waals surface area contributed by atoms with Gasteiger partial charge in [0.15, 0.2) is 0 Å². The van der Waals surface area contributed by atoms with Crippen molar-refractivity contribution in [3.8, 4) is 0 Å². The molecule has 2 nitrogen and oxygen atoms in total. The van der Waals surface area contributed by atoms with Gasteiger partial charge in [0.05, 0.1) is 6.61 Å². The van der Waals surface area contributed by atoms with Crippen LogP contribution in [0.1, 0.15) is 46.5 Å². The standard InChI is InChI=1S/C12H25NO/c1-4-12(5-2,6-3)13-9-11-7-8-14-10-11/h11,13H,4-10H2,1-3H3. The summed E-state index contributed by atoms with van der Waals surface area (Å²) in [4.78, 5) is 0. The Hall–Kier alpha value is -0.0800. The molecule has 1 N–H and O–H groups in total. The van der Waals surface area contributed by atoms with Crippen LogP contribution in [0.5, 0.6) is 0 Å². The van der Waals surface area contributed by atoms with Gasteiger partial charge in [-0.15, -0.1) is 0 Å². The highest BCUT2D eigenvalue weighted by Gasteiger charge is 2.25. The van der Waals surface area contributed by atoms with Crippen LogP contribution in [-0.4, -0.2) is 25.3 Å². The van der Waals surface area contributed by atoms with E-state index < -0.39 is 0 Å². The van der Waals surface area contributed by atoms with Crippen LogP contribution in [0.3, 0.4) is 0 Å². The van der Waals surface area contributed by atoms with Crippen molar-refractivity contribution in [1.29, 1.82) is 0 Å². The zero-order valence-electron chi connectivity index (χ0n) is 9.94. The van der Waals surface area contributed by atoms with Gasteiger partial charge in [-0.3, -0.25) is 0 Å². The summed E-state index contributed by atoms with van der Waals surface area (Å²) >= 11 is 0. The van der Waals surface area contributed by atoms with E-state index in [9.17, 15) is 0 Å². The molecular formula is C12H25NO. The van der Waals surface area contributed by atoms with Crippen LogP contribution >= 0.6 is 0 Å². The maximum absolute atomic E-state index is 5.38. The minimum atomic E-state index is 0.378. The Morgan fingerprint density at radius 1 is 1.21 bits per heavy atom. The Morgan fingerprint density at radius 2 is 1.86 bits per heavy atom. The van der Waals surface area contributed by atoms with Gasteiger partial charge in [-0.2, -0.15) is 0 Å². The maximum Gasteiger partial charge on any atom is 0.0507 e. The Kier molecular flexibility index (Phi) is 4.90. The molecule has 1 heterocycles. The van der Waals surface area contributed by atoms with E-state index in [1.165, 1.54) is 25.7 Å². The first kappa shape index (κ1) is 12.0. The summed E-state index contributed by atoms with van der Waals surface area (Å²) in [6, 6.07) is 0. The van der Waals surface area contributed by atoms with Crippen LogP contribution < -0.4 is 5.32 Å². The van der Waals surface area contributed by atoms with Crippen LogP contribution in [0.25, 0.3) is 0 Å². The molecule has 84 valence electrons. The zero-order valence-corrected chi connectivity index (χ0v) is 9.94. The first-order chi connectivity index (χ1) is 6.76. The smallest absolute Gasteiger partial charge is 0.0507 e. The molecule has 1 atom stereocenters. The molecule has 1 unspecified atom stereocenters. The molecule has 1 fully saturated rings. The van der Waals surface area contributed by atoms with Crippen LogP contribution in [0, 0.1) is 5.92 Å². The fourth-order valence-corrected chi connectivity index (χ4v) is 2.23. The number of rotatable bonds is 6. The van der Waals surface area contributed by atoms with Crippen LogP contribution in [-0.2, 0) is 4.74 Å². The van der Waals surface area contributed by atoms with Gasteiger partial charge < -0.3 is 10.1 Å². The molecule has 0 spiro atoms. The molecule has 0 amide bonds. The van der Waals surface area contributed by atoms with Gasteiger partial charge in [-0.05, 0) is 31.6 Å². The highest BCUT2D eigenvalue weighted by Crippen LogP contribution is 2.20. The van der Waals surface area contributed by atoms with E-state index in [1.54, 1.807) is 0 Å². The van der Waals surface area contributed by atoms with Gasteiger partial charge in [0.2, 0.25) is 0 Å². The average molecular weight is 199 g/mol. The molecular weight excluding hydrogens is 174 g/mol. The summed E-state index contributed by atoms with van der Waals surface area (Å²) in [5.74, 6) is 0.749. The summed E-state index contributed by atoms with van der Waals surface area (Å²) in [5.41, 5.74) is 0.378. The van der Waals surface area contributed by atoms with Crippen LogP contribution in [0.15, 0.2) is 0 Å². The summed E-state index contributed by atoms with van der Waals surface area (Å²) in [6.07, 6.45) is 4.93. The highest BCUT2D eigenvalue weighted by molar-refractivity contribution is 4.85. The lowest BCUT2D eigenvalue weighted by Crippen LogP contribution is -2.45. The minimum Gasteiger partial charge on any atom is -0.381 e. The largest absolute Gasteiger partial charge is 0.381 e. The second-order valence-corrected chi connectivity index (χ2v) is 4.45. The van der Waals surface area contributed by atoms with Crippen molar-refractivity contribution in [1.82, 2.24) is 5.32 Å². The van der Waals surface area contributed by atoms with Crippen molar-refractivity contribution < 1.29 is 4.74 Å². The number of hydrogen-bond acceptors (Lipinski definition) is 2. The molecule has 0 aromatic rings. The molecule has 0 bridgehead atoms. The molecule has 0 aliphatic carbocycles. The van der Waals surface area contributed by atoms with Crippen molar-refractivity contribution >= 4 is 0 Å². The summed E-state index contributed by atoms with van der Waals surface area (Å²) in [6.45, 7) is 9.90. The molecule has 0 saturated carbocycles. The Bertz CT molecular complexity index is 140. The predicted octanol–water partition coefficient (Wildman–Crippen LogP) is 2.58. The Balaban J connectivity index is 2.31.